The summed E-state index contributed by atoms with van der Waals surface area (Å²) in [7, 11) is 0. The van der Waals surface area contributed by atoms with Crippen LogP contribution in [0, 0.1) is 10.1 Å². The van der Waals surface area contributed by atoms with Gasteiger partial charge in [-0.05, 0) is 30.3 Å². The van der Waals surface area contributed by atoms with Gasteiger partial charge in [-0.1, -0.05) is 11.6 Å². The van der Waals surface area contributed by atoms with Crippen molar-refractivity contribution in [1.29, 1.82) is 0 Å². The number of nitro groups is 1. The standard InChI is InChI=1S/C18H19ClN4O4/c19-16-11-14(23(26)27)3-6-17(16)20-18(25)12-21-7-9-22(10-8-21)13-1-4-15(24)5-2-13/h1-6,11,24H,7-10,12H2,(H,20,25)/p+1. The lowest BCUT2D eigenvalue weighted by molar-refractivity contribution is -0.892. The number of non-ortho nitro benzene ring substituents is 1. The van der Waals surface area contributed by atoms with Crippen molar-refractivity contribution < 1.29 is 19.7 Å². The molecule has 0 saturated carbocycles. The van der Waals surface area contributed by atoms with E-state index < -0.39 is 4.92 Å². The molecule has 3 rings (SSSR count). The molecular formula is C18H20ClN4O4+. The number of carbonyl (C=O) groups excluding carboxylic acids is 1. The van der Waals surface area contributed by atoms with E-state index in [0.29, 0.717) is 12.2 Å². The molecule has 0 unspecified atom stereocenters. The van der Waals surface area contributed by atoms with Gasteiger partial charge in [-0.2, -0.15) is 0 Å². The van der Waals surface area contributed by atoms with Crippen LogP contribution in [0.15, 0.2) is 42.5 Å². The fraction of sp³-hybridized carbons (Fsp3) is 0.278. The number of halogens is 1. The molecule has 2 aromatic rings. The monoisotopic (exact) mass is 391 g/mol. The van der Waals surface area contributed by atoms with Gasteiger partial charge in [0.25, 0.3) is 11.6 Å². The lowest BCUT2D eigenvalue weighted by atomic mass is 10.2. The maximum Gasteiger partial charge on any atom is 0.279 e. The minimum atomic E-state index is -0.533. The molecular weight excluding hydrogens is 372 g/mol. The summed E-state index contributed by atoms with van der Waals surface area (Å²) in [5.74, 6) is 0.0587. The van der Waals surface area contributed by atoms with Crippen LogP contribution in [0.5, 0.6) is 5.75 Å². The smallest absolute Gasteiger partial charge is 0.279 e. The van der Waals surface area contributed by atoms with Crippen molar-refractivity contribution in [2.45, 2.75) is 0 Å². The molecule has 1 heterocycles. The summed E-state index contributed by atoms with van der Waals surface area (Å²) in [5, 5.41) is 23.0. The molecule has 27 heavy (non-hydrogen) atoms. The number of rotatable bonds is 5. The maximum atomic E-state index is 12.3. The molecule has 0 bridgehead atoms. The van der Waals surface area contributed by atoms with Gasteiger partial charge in [0, 0.05) is 17.8 Å². The van der Waals surface area contributed by atoms with Gasteiger partial charge < -0.3 is 20.2 Å². The zero-order valence-electron chi connectivity index (χ0n) is 14.5. The van der Waals surface area contributed by atoms with Crippen LogP contribution in [-0.4, -0.2) is 48.7 Å². The highest BCUT2D eigenvalue weighted by Gasteiger charge is 2.23. The zero-order valence-corrected chi connectivity index (χ0v) is 15.3. The average molecular weight is 392 g/mol. The second kappa shape index (κ2) is 8.24. The zero-order chi connectivity index (χ0) is 19.4. The van der Waals surface area contributed by atoms with Crippen LogP contribution in [0.25, 0.3) is 0 Å². The fourth-order valence-corrected chi connectivity index (χ4v) is 3.28. The predicted octanol–water partition coefficient (Wildman–Crippen LogP) is 1.30. The number of piperazine rings is 1. The Hall–Kier alpha value is -2.84. The number of hydrogen-bond acceptors (Lipinski definition) is 5. The molecule has 1 fully saturated rings. The molecule has 0 atom stereocenters. The van der Waals surface area contributed by atoms with E-state index in [1.165, 1.54) is 18.2 Å². The molecule has 9 heteroatoms. The Bertz CT molecular complexity index is 836. The van der Waals surface area contributed by atoms with Crippen LogP contribution in [0.3, 0.4) is 0 Å². The van der Waals surface area contributed by atoms with Crippen LogP contribution in [0.1, 0.15) is 0 Å². The Kier molecular flexibility index (Phi) is 5.78. The number of phenolic OH excluding ortho intramolecular Hbond substituents is 1. The number of amides is 1. The number of carbonyl (C=O) groups is 1. The number of nitrogens with one attached hydrogen (secondary N) is 2. The summed E-state index contributed by atoms with van der Waals surface area (Å²) in [5.41, 5.74) is 1.30. The number of quaternary nitrogens is 1. The van der Waals surface area contributed by atoms with Crippen LogP contribution in [0.2, 0.25) is 5.02 Å². The number of benzene rings is 2. The van der Waals surface area contributed by atoms with Crippen molar-refractivity contribution in [2.75, 3.05) is 42.9 Å². The summed E-state index contributed by atoms with van der Waals surface area (Å²) >= 11 is 6.01. The van der Waals surface area contributed by atoms with E-state index in [0.717, 1.165) is 36.8 Å². The first-order chi connectivity index (χ1) is 12.9. The number of aromatic hydroxyl groups is 1. The molecule has 0 aromatic heterocycles. The second-order valence-electron chi connectivity index (χ2n) is 6.40. The molecule has 1 amide bonds. The van der Waals surface area contributed by atoms with Crippen LogP contribution in [0.4, 0.5) is 17.1 Å². The molecule has 1 saturated heterocycles. The average Bonchev–Trinajstić information content (AvgIpc) is 2.64. The van der Waals surface area contributed by atoms with Gasteiger partial charge >= 0.3 is 0 Å². The SMILES string of the molecule is O=C(C[NH+]1CCN(c2ccc(O)cc2)CC1)Nc1ccc([N+](=O)[O-])cc1Cl. The van der Waals surface area contributed by atoms with Gasteiger partial charge in [-0.15, -0.1) is 0 Å². The Morgan fingerprint density at radius 1 is 1.22 bits per heavy atom. The van der Waals surface area contributed by atoms with E-state index >= 15 is 0 Å². The van der Waals surface area contributed by atoms with E-state index in [2.05, 4.69) is 10.2 Å². The van der Waals surface area contributed by atoms with Gasteiger partial charge in [0.05, 0.1) is 41.8 Å². The highest BCUT2D eigenvalue weighted by Crippen LogP contribution is 2.26. The quantitative estimate of drug-likeness (QED) is 0.527. The molecule has 0 spiro atoms. The Morgan fingerprint density at radius 3 is 2.48 bits per heavy atom. The highest BCUT2D eigenvalue weighted by atomic mass is 35.5. The van der Waals surface area contributed by atoms with E-state index in [4.69, 9.17) is 11.6 Å². The van der Waals surface area contributed by atoms with E-state index in [-0.39, 0.29) is 22.4 Å². The van der Waals surface area contributed by atoms with Gasteiger partial charge in [0.1, 0.15) is 5.75 Å². The lowest BCUT2D eigenvalue weighted by Gasteiger charge is -2.33. The molecule has 142 valence electrons. The normalized spacial score (nSPS) is 14.8. The lowest BCUT2D eigenvalue weighted by Crippen LogP contribution is -3.15. The highest BCUT2D eigenvalue weighted by molar-refractivity contribution is 6.33. The number of hydrogen-bond donors (Lipinski definition) is 3. The number of nitrogens with zero attached hydrogens (tertiary/aromatic N) is 2. The van der Waals surface area contributed by atoms with Crippen molar-refractivity contribution in [3.05, 3.63) is 57.6 Å². The number of anilines is 2. The Balaban J connectivity index is 1.51. The third kappa shape index (κ3) is 4.87. The third-order valence-corrected chi connectivity index (χ3v) is 4.85. The largest absolute Gasteiger partial charge is 0.508 e. The maximum absolute atomic E-state index is 12.3. The van der Waals surface area contributed by atoms with Crippen molar-refractivity contribution in [2.24, 2.45) is 0 Å². The number of nitro benzene ring substituents is 1. The van der Waals surface area contributed by atoms with E-state index in [1.807, 2.05) is 12.1 Å². The molecule has 1 aliphatic rings. The number of phenols is 1. The predicted molar refractivity (Wildman–Crippen MR) is 103 cm³/mol. The van der Waals surface area contributed by atoms with Gasteiger partial charge in [-0.25, -0.2) is 0 Å². The molecule has 2 aromatic carbocycles. The van der Waals surface area contributed by atoms with Crippen molar-refractivity contribution in [3.8, 4) is 5.75 Å². The summed E-state index contributed by atoms with van der Waals surface area (Å²) in [6.45, 7) is 3.54. The van der Waals surface area contributed by atoms with Gasteiger partial charge in [-0.3, -0.25) is 14.9 Å². The molecule has 0 aliphatic carbocycles. The summed E-state index contributed by atoms with van der Waals surface area (Å²) in [4.78, 5) is 25.8. The van der Waals surface area contributed by atoms with Crippen LogP contribution < -0.4 is 15.1 Å². The summed E-state index contributed by atoms with van der Waals surface area (Å²) in [6, 6.07) is 11.1. The first kappa shape index (κ1) is 18.9. The van der Waals surface area contributed by atoms with E-state index in [9.17, 15) is 20.0 Å². The summed E-state index contributed by atoms with van der Waals surface area (Å²) < 4.78 is 0. The van der Waals surface area contributed by atoms with Crippen LogP contribution >= 0.6 is 11.6 Å². The van der Waals surface area contributed by atoms with Gasteiger partial charge in [0.15, 0.2) is 6.54 Å². The Labute approximate surface area is 161 Å². The first-order valence-corrected chi connectivity index (χ1v) is 8.91. The van der Waals surface area contributed by atoms with Gasteiger partial charge in [0.2, 0.25) is 0 Å². The van der Waals surface area contributed by atoms with E-state index in [1.54, 1.807) is 12.1 Å². The van der Waals surface area contributed by atoms with Crippen molar-refractivity contribution >= 4 is 34.6 Å². The minimum Gasteiger partial charge on any atom is -0.508 e. The topological polar surface area (TPSA) is 100 Å². The summed E-state index contributed by atoms with van der Waals surface area (Å²) in [6.07, 6.45) is 0. The molecule has 1 aliphatic heterocycles. The van der Waals surface area contributed by atoms with Crippen LogP contribution in [-0.2, 0) is 4.79 Å². The van der Waals surface area contributed by atoms with Crippen molar-refractivity contribution in [3.63, 3.8) is 0 Å². The molecule has 8 nitrogen and oxygen atoms in total. The van der Waals surface area contributed by atoms with Crippen molar-refractivity contribution in [1.82, 2.24) is 0 Å². The second-order valence-corrected chi connectivity index (χ2v) is 6.81. The molecule has 3 N–H and O–H groups in total. The fourth-order valence-electron chi connectivity index (χ4n) is 3.06. The first-order valence-electron chi connectivity index (χ1n) is 8.54. The molecule has 0 radical (unpaired) electrons. The minimum absolute atomic E-state index is 0.117. The Morgan fingerprint density at radius 2 is 1.89 bits per heavy atom. The third-order valence-electron chi connectivity index (χ3n) is 4.53.